The predicted octanol–water partition coefficient (Wildman–Crippen LogP) is 5.17. The topological polar surface area (TPSA) is 75.7 Å². The fourth-order valence-corrected chi connectivity index (χ4v) is 3.86. The van der Waals surface area contributed by atoms with Crippen LogP contribution in [0.2, 0.25) is 0 Å². The van der Waals surface area contributed by atoms with Crippen molar-refractivity contribution < 1.29 is 9.13 Å². The van der Waals surface area contributed by atoms with Gasteiger partial charge in [0.2, 0.25) is 0 Å². The van der Waals surface area contributed by atoms with E-state index in [-0.39, 0.29) is 11.7 Å². The number of rotatable bonds is 5. The van der Waals surface area contributed by atoms with Crippen molar-refractivity contribution in [3.05, 3.63) is 95.9 Å². The van der Waals surface area contributed by atoms with Crippen LogP contribution in [0.25, 0.3) is 22.3 Å². The van der Waals surface area contributed by atoms with Crippen LogP contribution < -0.4 is 5.32 Å². The predicted molar refractivity (Wildman–Crippen MR) is 118 cm³/mol. The minimum atomic E-state index is -0.346. The Kier molecular flexibility index (Phi) is 4.92. The maximum atomic E-state index is 14.5. The van der Waals surface area contributed by atoms with Gasteiger partial charge in [-0.3, -0.25) is 5.10 Å². The molecule has 0 radical (unpaired) electrons. The number of nitrogens with one attached hydrogen (secondary N) is 2. The van der Waals surface area contributed by atoms with E-state index in [1.54, 1.807) is 25.3 Å². The lowest BCUT2D eigenvalue weighted by atomic mass is 9.91. The number of nitrogens with zero attached hydrogens (tertiary/aromatic N) is 3. The van der Waals surface area contributed by atoms with Gasteiger partial charge in [-0.1, -0.05) is 42.5 Å². The van der Waals surface area contributed by atoms with Crippen LogP contribution in [0.5, 0.6) is 0 Å². The number of hydrogen-bond donors (Lipinski definition) is 2. The molecule has 154 valence electrons. The Morgan fingerprint density at radius 1 is 1.06 bits per heavy atom. The van der Waals surface area contributed by atoms with Gasteiger partial charge in [0, 0.05) is 11.5 Å². The molecule has 0 spiro atoms. The zero-order valence-corrected chi connectivity index (χ0v) is 16.8. The van der Waals surface area contributed by atoms with Gasteiger partial charge in [-0.2, -0.15) is 5.10 Å². The molecular formula is C24H20FN5O. The van der Waals surface area contributed by atoms with Crippen LogP contribution >= 0.6 is 0 Å². The molecule has 1 aliphatic rings. The molecule has 5 rings (SSSR count). The molecule has 0 aliphatic heterocycles. The third-order valence-corrected chi connectivity index (χ3v) is 5.39. The minimum Gasteiger partial charge on any atom is -0.495 e. The number of aromatic nitrogens is 4. The van der Waals surface area contributed by atoms with E-state index < -0.39 is 0 Å². The molecule has 2 aromatic carbocycles. The number of fused-ring (bicyclic) bond motifs is 1. The van der Waals surface area contributed by atoms with E-state index in [1.165, 1.54) is 18.0 Å². The fourth-order valence-electron chi connectivity index (χ4n) is 3.86. The highest BCUT2D eigenvalue weighted by Gasteiger charge is 2.21. The first-order valence-electron chi connectivity index (χ1n) is 9.97. The number of halogens is 1. The first-order chi connectivity index (χ1) is 15.2. The SMILES string of the molecule is COC1=CCC(c2ccccc2)C=C1Nc1ncnc2n[nH]c(-c3ccccc3F)c12. The van der Waals surface area contributed by atoms with Gasteiger partial charge in [0.05, 0.1) is 23.9 Å². The summed E-state index contributed by atoms with van der Waals surface area (Å²) in [6, 6.07) is 16.8. The second-order valence-corrected chi connectivity index (χ2v) is 7.23. The third-order valence-electron chi connectivity index (χ3n) is 5.39. The van der Waals surface area contributed by atoms with Crippen molar-refractivity contribution in [3.63, 3.8) is 0 Å². The van der Waals surface area contributed by atoms with Gasteiger partial charge in [0.15, 0.2) is 5.65 Å². The van der Waals surface area contributed by atoms with Crippen molar-refractivity contribution in [2.45, 2.75) is 12.3 Å². The Hall–Kier alpha value is -4.00. The molecule has 1 unspecified atom stereocenters. The molecule has 31 heavy (non-hydrogen) atoms. The smallest absolute Gasteiger partial charge is 0.186 e. The molecule has 6 nitrogen and oxygen atoms in total. The van der Waals surface area contributed by atoms with Crippen molar-refractivity contribution in [3.8, 4) is 11.3 Å². The molecule has 0 saturated heterocycles. The van der Waals surface area contributed by atoms with Gasteiger partial charge >= 0.3 is 0 Å². The van der Waals surface area contributed by atoms with E-state index in [9.17, 15) is 4.39 Å². The summed E-state index contributed by atoms with van der Waals surface area (Å²) in [5.41, 5.74) is 3.40. The summed E-state index contributed by atoms with van der Waals surface area (Å²) in [4.78, 5) is 8.66. The largest absolute Gasteiger partial charge is 0.495 e. The number of benzene rings is 2. The zero-order valence-electron chi connectivity index (χ0n) is 16.8. The van der Waals surface area contributed by atoms with E-state index in [2.05, 4.69) is 49.8 Å². The average Bonchev–Trinajstić information content (AvgIpc) is 3.25. The van der Waals surface area contributed by atoms with Crippen LogP contribution in [0, 0.1) is 5.82 Å². The summed E-state index contributed by atoms with van der Waals surface area (Å²) in [6.45, 7) is 0. The van der Waals surface area contributed by atoms with E-state index in [0.29, 0.717) is 28.1 Å². The van der Waals surface area contributed by atoms with Gasteiger partial charge < -0.3 is 10.1 Å². The van der Waals surface area contributed by atoms with E-state index in [1.807, 2.05) is 18.2 Å². The number of hydrogen-bond acceptors (Lipinski definition) is 5. The van der Waals surface area contributed by atoms with Crippen molar-refractivity contribution >= 4 is 16.9 Å². The lowest BCUT2D eigenvalue weighted by Gasteiger charge is -2.22. The first-order valence-corrected chi connectivity index (χ1v) is 9.97. The van der Waals surface area contributed by atoms with Crippen LogP contribution in [0.1, 0.15) is 17.9 Å². The highest BCUT2D eigenvalue weighted by Crippen LogP contribution is 2.35. The maximum absolute atomic E-state index is 14.5. The van der Waals surface area contributed by atoms with Crippen LogP contribution in [-0.2, 0) is 4.74 Å². The van der Waals surface area contributed by atoms with E-state index in [0.717, 1.165) is 17.9 Å². The Labute approximate surface area is 178 Å². The molecule has 0 saturated carbocycles. The van der Waals surface area contributed by atoms with Crippen LogP contribution in [-0.4, -0.2) is 27.3 Å². The average molecular weight is 413 g/mol. The number of H-pyrrole nitrogens is 1. The van der Waals surface area contributed by atoms with Crippen molar-refractivity contribution in [1.29, 1.82) is 0 Å². The number of ether oxygens (including phenoxy) is 1. The monoisotopic (exact) mass is 413 g/mol. The van der Waals surface area contributed by atoms with Crippen molar-refractivity contribution in [2.75, 3.05) is 12.4 Å². The molecular weight excluding hydrogens is 393 g/mol. The molecule has 2 aromatic heterocycles. The highest BCUT2D eigenvalue weighted by atomic mass is 19.1. The third kappa shape index (κ3) is 3.54. The Balaban J connectivity index is 1.58. The molecule has 2 N–H and O–H groups in total. The normalized spacial score (nSPS) is 16.0. The lowest BCUT2D eigenvalue weighted by Crippen LogP contribution is -2.12. The quantitative estimate of drug-likeness (QED) is 0.472. The van der Waals surface area contributed by atoms with Gasteiger partial charge in [-0.05, 0) is 36.3 Å². The standard InChI is InChI=1S/C24H20FN5O/c1-31-20-12-11-16(15-7-3-2-4-8-15)13-19(20)28-23-21-22(17-9-5-6-10-18(17)25)29-30-24(21)27-14-26-23/h2-10,12-14,16H,11H2,1H3,(H2,26,27,28,29,30). The van der Waals surface area contributed by atoms with Crippen molar-refractivity contribution in [2.24, 2.45) is 0 Å². The van der Waals surface area contributed by atoms with Gasteiger partial charge in [-0.25, -0.2) is 14.4 Å². The van der Waals surface area contributed by atoms with Gasteiger partial charge in [-0.15, -0.1) is 0 Å². The molecule has 7 heteroatoms. The van der Waals surface area contributed by atoms with E-state index in [4.69, 9.17) is 4.74 Å². The van der Waals surface area contributed by atoms with E-state index >= 15 is 0 Å². The molecule has 2 heterocycles. The van der Waals surface area contributed by atoms with Crippen LogP contribution in [0.15, 0.2) is 84.5 Å². The van der Waals surface area contributed by atoms with Gasteiger partial charge in [0.1, 0.15) is 23.7 Å². The lowest BCUT2D eigenvalue weighted by molar-refractivity contribution is 0.297. The molecule has 1 atom stereocenters. The van der Waals surface area contributed by atoms with Crippen LogP contribution in [0.3, 0.4) is 0 Å². The molecule has 0 amide bonds. The maximum Gasteiger partial charge on any atom is 0.186 e. The molecule has 0 bridgehead atoms. The Bertz CT molecular complexity index is 1300. The summed E-state index contributed by atoms with van der Waals surface area (Å²) < 4.78 is 20.1. The summed E-state index contributed by atoms with van der Waals surface area (Å²) in [6.07, 6.45) is 6.46. The first kappa shape index (κ1) is 19.0. The summed E-state index contributed by atoms with van der Waals surface area (Å²) in [7, 11) is 1.64. The fraction of sp³-hybridized carbons (Fsp3) is 0.125. The molecule has 0 fully saturated rings. The second kappa shape index (κ2) is 8.02. The second-order valence-electron chi connectivity index (χ2n) is 7.23. The number of anilines is 1. The van der Waals surface area contributed by atoms with Gasteiger partial charge in [0.25, 0.3) is 0 Å². The summed E-state index contributed by atoms with van der Waals surface area (Å²) >= 11 is 0. The number of aromatic amines is 1. The number of allylic oxidation sites excluding steroid dienone is 2. The summed E-state index contributed by atoms with van der Waals surface area (Å²) in [5, 5.41) is 11.1. The number of methoxy groups -OCH3 is 1. The van der Waals surface area contributed by atoms with Crippen LogP contribution in [0.4, 0.5) is 10.2 Å². The highest BCUT2D eigenvalue weighted by molar-refractivity contribution is 5.99. The molecule has 1 aliphatic carbocycles. The summed E-state index contributed by atoms with van der Waals surface area (Å²) in [5.74, 6) is 1.12. The Morgan fingerprint density at radius 2 is 1.87 bits per heavy atom. The van der Waals surface area contributed by atoms with Crippen molar-refractivity contribution in [1.82, 2.24) is 20.2 Å². The Morgan fingerprint density at radius 3 is 2.68 bits per heavy atom. The zero-order chi connectivity index (χ0) is 21.2. The molecule has 4 aromatic rings. The minimum absolute atomic E-state index is 0.204.